The number of rotatable bonds is 5. The van der Waals surface area contributed by atoms with E-state index in [0.717, 1.165) is 12.0 Å². The molecule has 0 saturated heterocycles. The molecule has 0 bridgehead atoms. The SMILES string of the molecule is NCc1ccccc1CCn1cccc1C(=O)O. The summed E-state index contributed by atoms with van der Waals surface area (Å²) in [7, 11) is 0. The molecule has 0 aliphatic heterocycles. The van der Waals surface area contributed by atoms with Crippen molar-refractivity contribution >= 4 is 5.97 Å². The number of hydrogen-bond acceptors (Lipinski definition) is 2. The molecule has 94 valence electrons. The number of benzene rings is 1. The maximum atomic E-state index is 11.0. The second kappa shape index (κ2) is 5.51. The van der Waals surface area contributed by atoms with Crippen LogP contribution in [0.3, 0.4) is 0 Å². The van der Waals surface area contributed by atoms with Gasteiger partial charge in [0.15, 0.2) is 0 Å². The number of aromatic carboxylic acids is 1. The van der Waals surface area contributed by atoms with Crippen LogP contribution in [-0.2, 0) is 19.5 Å². The third kappa shape index (κ3) is 2.60. The van der Waals surface area contributed by atoms with Gasteiger partial charge < -0.3 is 15.4 Å². The van der Waals surface area contributed by atoms with Gasteiger partial charge in [0.1, 0.15) is 5.69 Å². The maximum absolute atomic E-state index is 11.0. The van der Waals surface area contributed by atoms with Crippen molar-refractivity contribution < 1.29 is 9.90 Å². The highest BCUT2D eigenvalue weighted by atomic mass is 16.4. The van der Waals surface area contributed by atoms with E-state index in [1.165, 1.54) is 5.56 Å². The van der Waals surface area contributed by atoms with Crippen molar-refractivity contribution in [3.63, 3.8) is 0 Å². The van der Waals surface area contributed by atoms with Crippen LogP contribution >= 0.6 is 0 Å². The number of carboxylic acid groups (broad SMARTS) is 1. The highest BCUT2D eigenvalue weighted by Gasteiger charge is 2.08. The number of nitrogens with two attached hydrogens (primary N) is 1. The summed E-state index contributed by atoms with van der Waals surface area (Å²) in [6.45, 7) is 1.15. The third-order valence-corrected chi connectivity index (χ3v) is 3.01. The number of carboxylic acids is 1. The quantitative estimate of drug-likeness (QED) is 0.843. The summed E-state index contributed by atoms with van der Waals surface area (Å²) in [5.41, 5.74) is 8.28. The van der Waals surface area contributed by atoms with E-state index in [1.54, 1.807) is 22.9 Å². The summed E-state index contributed by atoms with van der Waals surface area (Å²) in [5.74, 6) is -0.896. The van der Waals surface area contributed by atoms with Gasteiger partial charge in [-0.25, -0.2) is 4.79 Å². The molecule has 18 heavy (non-hydrogen) atoms. The Balaban J connectivity index is 2.11. The molecule has 0 radical (unpaired) electrons. The highest BCUT2D eigenvalue weighted by Crippen LogP contribution is 2.11. The molecule has 0 atom stereocenters. The first-order chi connectivity index (χ1) is 8.72. The van der Waals surface area contributed by atoms with Gasteiger partial charge in [0.05, 0.1) is 0 Å². The van der Waals surface area contributed by atoms with Gasteiger partial charge in [-0.05, 0) is 29.7 Å². The molecule has 0 unspecified atom stereocenters. The van der Waals surface area contributed by atoms with Crippen LogP contribution in [0.1, 0.15) is 21.6 Å². The monoisotopic (exact) mass is 244 g/mol. The number of carbonyl (C=O) groups is 1. The molecule has 4 nitrogen and oxygen atoms in total. The van der Waals surface area contributed by atoms with Crippen LogP contribution < -0.4 is 5.73 Å². The van der Waals surface area contributed by atoms with E-state index in [0.29, 0.717) is 18.8 Å². The lowest BCUT2D eigenvalue weighted by Gasteiger charge is -2.09. The Bertz CT molecular complexity index is 546. The van der Waals surface area contributed by atoms with Gasteiger partial charge in [0.2, 0.25) is 0 Å². The van der Waals surface area contributed by atoms with Crippen LogP contribution in [0.2, 0.25) is 0 Å². The minimum absolute atomic E-state index is 0.320. The van der Waals surface area contributed by atoms with Gasteiger partial charge in [0, 0.05) is 19.3 Å². The average Bonchev–Trinajstić information content (AvgIpc) is 2.85. The highest BCUT2D eigenvalue weighted by molar-refractivity contribution is 5.85. The second-order valence-electron chi connectivity index (χ2n) is 4.11. The molecule has 1 aromatic carbocycles. The van der Waals surface area contributed by atoms with Crippen molar-refractivity contribution in [2.75, 3.05) is 0 Å². The van der Waals surface area contributed by atoms with Crippen molar-refractivity contribution in [1.29, 1.82) is 0 Å². The Labute approximate surface area is 106 Å². The first-order valence-corrected chi connectivity index (χ1v) is 5.87. The molecule has 2 rings (SSSR count). The fourth-order valence-electron chi connectivity index (χ4n) is 2.04. The number of nitrogens with zero attached hydrogens (tertiary/aromatic N) is 1. The number of hydrogen-bond donors (Lipinski definition) is 2. The Morgan fingerprint density at radius 2 is 1.89 bits per heavy atom. The summed E-state index contributed by atoms with van der Waals surface area (Å²) >= 11 is 0. The van der Waals surface area contributed by atoms with E-state index in [-0.39, 0.29) is 0 Å². The van der Waals surface area contributed by atoms with E-state index < -0.39 is 5.97 Å². The van der Waals surface area contributed by atoms with Crippen molar-refractivity contribution in [3.05, 3.63) is 59.4 Å². The molecule has 1 heterocycles. The summed E-state index contributed by atoms with van der Waals surface area (Å²) in [6.07, 6.45) is 2.57. The molecule has 2 aromatic rings. The first-order valence-electron chi connectivity index (χ1n) is 5.87. The van der Waals surface area contributed by atoms with Gasteiger partial charge in [-0.2, -0.15) is 0 Å². The van der Waals surface area contributed by atoms with Crippen LogP contribution in [0, 0.1) is 0 Å². The molecule has 0 aliphatic rings. The molecular weight excluding hydrogens is 228 g/mol. The Kier molecular flexibility index (Phi) is 3.79. The lowest BCUT2D eigenvalue weighted by Crippen LogP contribution is -2.10. The Hall–Kier alpha value is -2.07. The molecule has 4 heteroatoms. The van der Waals surface area contributed by atoms with Gasteiger partial charge >= 0.3 is 5.97 Å². The zero-order chi connectivity index (χ0) is 13.0. The maximum Gasteiger partial charge on any atom is 0.352 e. The van der Waals surface area contributed by atoms with Crippen LogP contribution in [0.15, 0.2) is 42.6 Å². The molecule has 0 aliphatic carbocycles. The molecule has 0 fully saturated rings. The van der Waals surface area contributed by atoms with Gasteiger partial charge in [-0.15, -0.1) is 0 Å². The van der Waals surface area contributed by atoms with E-state index in [2.05, 4.69) is 0 Å². The predicted octanol–water partition coefficient (Wildman–Crippen LogP) is 1.89. The Morgan fingerprint density at radius 3 is 2.56 bits per heavy atom. The van der Waals surface area contributed by atoms with Crippen LogP contribution in [0.25, 0.3) is 0 Å². The molecule has 1 aromatic heterocycles. The van der Waals surface area contributed by atoms with E-state index in [1.807, 2.05) is 24.3 Å². The molecule has 0 spiro atoms. The number of aromatic nitrogens is 1. The molecule has 3 N–H and O–H groups in total. The normalized spacial score (nSPS) is 10.5. The van der Waals surface area contributed by atoms with Crippen molar-refractivity contribution in [3.8, 4) is 0 Å². The van der Waals surface area contributed by atoms with Crippen molar-refractivity contribution in [2.24, 2.45) is 5.73 Å². The largest absolute Gasteiger partial charge is 0.477 e. The minimum atomic E-state index is -0.896. The fourth-order valence-corrected chi connectivity index (χ4v) is 2.04. The van der Waals surface area contributed by atoms with Crippen molar-refractivity contribution in [1.82, 2.24) is 4.57 Å². The van der Waals surface area contributed by atoms with Gasteiger partial charge in [-0.3, -0.25) is 0 Å². The fraction of sp³-hybridized carbons (Fsp3) is 0.214. The lowest BCUT2D eigenvalue weighted by atomic mass is 10.0. The predicted molar refractivity (Wildman–Crippen MR) is 69.4 cm³/mol. The zero-order valence-electron chi connectivity index (χ0n) is 10.0. The summed E-state index contributed by atoms with van der Waals surface area (Å²) in [5, 5.41) is 9.01. The average molecular weight is 244 g/mol. The first kappa shape index (κ1) is 12.4. The van der Waals surface area contributed by atoms with Crippen LogP contribution in [0.4, 0.5) is 0 Å². The van der Waals surface area contributed by atoms with Crippen molar-refractivity contribution in [2.45, 2.75) is 19.5 Å². The number of aryl methyl sites for hydroxylation is 2. The van der Waals surface area contributed by atoms with E-state index in [4.69, 9.17) is 10.8 Å². The lowest BCUT2D eigenvalue weighted by molar-refractivity contribution is 0.0685. The third-order valence-electron chi connectivity index (χ3n) is 3.01. The Morgan fingerprint density at radius 1 is 1.17 bits per heavy atom. The smallest absolute Gasteiger partial charge is 0.352 e. The van der Waals surface area contributed by atoms with Gasteiger partial charge in [-0.1, -0.05) is 24.3 Å². The zero-order valence-corrected chi connectivity index (χ0v) is 10.0. The van der Waals surface area contributed by atoms with E-state index in [9.17, 15) is 4.79 Å². The van der Waals surface area contributed by atoms with E-state index >= 15 is 0 Å². The second-order valence-corrected chi connectivity index (χ2v) is 4.11. The van der Waals surface area contributed by atoms with Crippen LogP contribution in [-0.4, -0.2) is 15.6 Å². The topological polar surface area (TPSA) is 68.2 Å². The van der Waals surface area contributed by atoms with Gasteiger partial charge in [0.25, 0.3) is 0 Å². The van der Waals surface area contributed by atoms with Crippen LogP contribution in [0.5, 0.6) is 0 Å². The molecule has 0 amide bonds. The summed E-state index contributed by atoms with van der Waals surface area (Å²) < 4.78 is 1.75. The minimum Gasteiger partial charge on any atom is -0.477 e. The molecule has 0 saturated carbocycles. The summed E-state index contributed by atoms with van der Waals surface area (Å²) in [4.78, 5) is 11.0. The summed E-state index contributed by atoms with van der Waals surface area (Å²) in [6, 6.07) is 11.3. The molecular formula is C14H16N2O2. The standard InChI is InChI=1S/C14H16N2O2/c15-10-12-5-2-1-4-11(12)7-9-16-8-3-6-13(16)14(17)18/h1-6,8H,7,9-10,15H2,(H,17,18).